The molecule has 1 saturated heterocycles. The third kappa shape index (κ3) is 7.47. The Balaban J connectivity index is 1.32. The van der Waals surface area contributed by atoms with Gasteiger partial charge in [-0.25, -0.2) is 0 Å². The van der Waals surface area contributed by atoms with Crippen LogP contribution >= 0.6 is 11.6 Å². The third-order valence-electron chi connectivity index (χ3n) is 7.55. The van der Waals surface area contributed by atoms with Crippen molar-refractivity contribution >= 4 is 40.3 Å². The van der Waals surface area contributed by atoms with Gasteiger partial charge in [-0.3, -0.25) is 19.0 Å². The molecule has 1 fully saturated rings. The predicted molar refractivity (Wildman–Crippen MR) is 158 cm³/mol. The number of fused-ring (bicyclic) bond motifs is 1. The Morgan fingerprint density at radius 1 is 1.07 bits per heavy atom. The normalized spacial score (nSPS) is 18.7. The van der Waals surface area contributed by atoms with E-state index in [4.69, 9.17) is 25.8 Å². The van der Waals surface area contributed by atoms with Crippen LogP contribution in [0.5, 0.6) is 5.75 Å². The number of halogens is 1. The molecule has 2 N–H and O–H groups in total. The zero-order valence-corrected chi connectivity index (χ0v) is 24.8. The first-order chi connectivity index (χ1) is 19.7. The summed E-state index contributed by atoms with van der Waals surface area (Å²) < 4.78 is 18.3. The van der Waals surface area contributed by atoms with E-state index < -0.39 is 0 Å². The quantitative estimate of drug-likeness (QED) is 0.256. The van der Waals surface area contributed by atoms with E-state index in [9.17, 15) is 14.4 Å². The van der Waals surface area contributed by atoms with Crippen LogP contribution in [0.1, 0.15) is 48.3 Å². The van der Waals surface area contributed by atoms with E-state index in [0.717, 1.165) is 17.4 Å². The minimum absolute atomic E-state index is 0.0971. The lowest BCUT2D eigenvalue weighted by atomic mass is 9.95. The zero-order valence-electron chi connectivity index (χ0n) is 24.0. The van der Waals surface area contributed by atoms with Crippen LogP contribution in [-0.2, 0) is 25.5 Å². The lowest BCUT2D eigenvalue weighted by Crippen LogP contribution is -2.41. The summed E-state index contributed by atoms with van der Waals surface area (Å²) in [6.45, 7) is 7.88. The van der Waals surface area contributed by atoms with Crippen molar-refractivity contribution in [1.29, 1.82) is 0 Å². The second kappa shape index (κ2) is 14.0. The predicted octanol–water partition coefficient (Wildman–Crippen LogP) is 4.30. The molecule has 220 valence electrons. The molecule has 1 aromatic heterocycles. The Bertz CT molecular complexity index is 1380. The number of ether oxygens (including phenoxy) is 3. The van der Waals surface area contributed by atoms with Gasteiger partial charge in [0.1, 0.15) is 11.9 Å². The number of amides is 1. The van der Waals surface area contributed by atoms with E-state index in [1.54, 1.807) is 42.0 Å². The summed E-state index contributed by atoms with van der Waals surface area (Å²) >= 11 is 6.01. The maximum absolute atomic E-state index is 13.5. The number of carbonyl (C=O) groups excluding carboxylic acids is 3. The van der Waals surface area contributed by atoms with Crippen LogP contribution in [0.4, 0.5) is 0 Å². The molecular formula is C31H38ClN3O6. The molecule has 0 spiro atoms. The number of rotatable bonds is 11. The van der Waals surface area contributed by atoms with Gasteiger partial charge in [-0.15, -0.1) is 0 Å². The fourth-order valence-electron chi connectivity index (χ4n) is 5.21. The van der Waals surface area contributed by atoms with Crippen LogP contribution in [0.3, 0.4) is 0 Å². The minimum atomic E-state index is -0.258. The number of hydrogen-bond donors (Lipinski definition) is 2. The molecule has 2 heterocycles. The Morgan fingerprint density at radius 2 is 1.83 bits per heavy atom. The molecule has 0 radical (unpaired) electrons. The SMILES string of the molecule is COc1ccc2c(c1)c(CC(=O)NCCNCCC(=O)O[C@@H]1C(C)CCO[C@H]1C)c(C)n2C(=O)c1ccc(Cl)cc1. The molecule has 1 aliphatic heterocycles. The molecule has 41 heavy (non-hydrogen) atoms. The molecular weight excluding hydrogens is 546 g/mol. The number of hydrogen-bond acceptors (Lipinski definition) is 7. The zero-order chi connectivity index (χ0) is 29.5. The number of carbonyl (C=O) groups is 3. The molecule has 0 bridgehead atoms. The summed E-state index contributed by atoms with van der Waals surface area (Å²) in [6, 6.07) is 12.2. The van der Waals surface area contributed by atoms with Crippen LogP contribution < -0.4 is 15.4 Å². The number of methoxy groups -OCH3 is 1. The topological polar surface area (TPSA) is 108 Å². The Kier molecular flexibility index (Phi) is 10.4. The highest BCUT2D eigenvalue weighted by molar-refractivity contribution is 6.30. The standard InChI is InChI=1S/C31H38ClN3O6/c1-19-12-16-40-21(3)30(19)41-29(37)11-13-33-14-15-34-28(36)18-25-20(2)35(27-10-9-24(39-4)17-26(25)27)31(38)22-5-7-23(32)8-6-22/h5-10,17,19,21,30,33H,11-16,18H2,1-4H3,(H,34,36)/t19?,21-,30+/m0/s1. The highest BCUT2D eigenvalue weighted by Crippen LogP contribution is 2.31. The number of aromatic nitrogens is 1. The van der Waals surface area contributed by atoms with E-state index in [2.05, 4.69) is 17.6 Å². The van der Waals surface area contributed by atoms with Gasteiger partial charge >= 0.3 is 5.97 Å². The van der Waals surface area contributed by atoms with Gasteiger partial charge in [0.15, 0.2) is 0 Å². The van der Waals surface area contributed by atoms with Crippen molar-refractivity contribution in [3.05, 3.63) is 64.3 Å². The summed E-state index contributed by atoms with van der Waals surface area (Å²) in [5, 5.41) is 7.42. The second-order valence-electron chi connectivity index (χ2n) is 10.4. The first kappa shape index (κ1) is 30.6. The summed E-state index contributed by atoms with van der Waals surface area (Å²) in [5.74, 6) is 0.281. The van der Waals surface area contributed by atoms with Crippen molar-refractivity contribution < 1.29 is 28.6 Å². The first-order valence-corrected chi connectivity index (χ1v) is 14.3. The first-order valence-electron chi connectivity index (χ1n) is 14.0. The van der Waals surface area contributed by atoms with Crippen LogP contribution in [0, 0.1) is 12.8 Å². The van der Waals surface area contributed by atoms with Crippen LogP contribution in [0.25, 0.3) is 10.9 Å². The molecule has 2 aromatic carbocycles. The van der Waals surface area contributed by atoms with Crippen LogP contribution in [0.15, 0.2) is 42.5 Å². The molecule has 4 rings (SSSR count). The highest BCUT2D eigenvalue weighted by atomic mass is 35.5. The fourth-order valence-corrected chi connectivity index (χ4v) is 5.33. The summed E-state index contributed by atoms with van der Waals surface area (Å²) in [7, 11) is 1.58. The fraction of sp³-hybridized carbons (Fsp3) is 0.452. The maximum atomic E-state index is 13.5. The number of nitrogens with one attached hydrogen (secondary N) is 2. The van der Waals surface area contributed by atoms with E-state index in [0.29, 0.717) is 53.8 Å². The van der Waals surface area contributed by atoms with Gasteiger partial charge in [-0.1, -0.05) is 18.5 Å². The lowest BCUT2D eigenvalue weighted by Gasteiger charge is -2.33. The smallest absolute Gasteiger partial charge is 0.307 e. The number of nitrogens with zero attached hydrogens (tertiary/aromatic N) is 1. The van der Waals surface area contributed by atoms with Crippen LogP contribution in [0.2, 0.25) is 5.02 Å². The van der Waals surface area contributed by atoms with Gasteiger partial charge in [0, 0.05) is 47.9 Å². The second-order valence-corrected chi connectivity index (χ2v) is 10.9. The van der Waals surface area contributed by atoms with Gasteiger partial charge < -0.3 is 24.8 Å². The monoisotopic (exact) mass is 583 g/mol. The average molecular weight is 584 g/mol. The largest absolute Gasteiger partial charge is 0.497 e. The summed E-state index contributed by atoms with van der Waals surface area (Å²) in [5.41, 5.74) is 2.63. The molecule has 0 saturated carbocycles. The van der Waals surface area contributed by atoms with Gasteiger partial charge in [0.05, 0.1) is 31.6 Å². The Labute approximate surface area is 245 Å². The van der Waals surface area contributed by atoms with Crippen molar-refractivity contribution in [2.75, 3.05) is 33.4 Å². The molecule has 0 aliphatic carbocycles. The summed E-state index contributed by atoms with van der Waals surface area (Å²) in [4.78, 5) is 38.6. The lowest BCUT2D eigenvalue weighted by molar-refractivity contribution is -0.169. The number of benzene rings is 2. The molecule has 1 unspecified atom stereocenters. The molecule has 3 atom stereocenters. The third-order valence-corrected chi connectivity index (χ3v) is 7.80. The van der Waals surface area contributed by atoms with Gasteiger partial charge in [-0.2, -0.15) is 0 Å². The van der Waals surface area contributed by atoms with Gasteiger partial charge in [0.2, 0.25) is 5.91 Å². The minimum Gasteiger partial charge on any atom is -0.497 e. The molecule has 10 heteroatoms. The van der Waals surface area contributed by atoms with E-state index in [1.807, 2.05) is 26.0 Å². The van der Waals surface area contributed by atoms with Crippen molar-refractivity contribution in [3.8, 4) is 5.75 Å². The maximum Gasteiger partial charge on any atom is 0.307 e. The highest BCUT2D eigenvalue weighted by Gasteiger charge is 2.31. The van der Waals surface area contributed by atoms with E-state index >= 15 is 0 Å². The molecule has 1 aliphatic rings. The van der Waals surface area contributed by atoms with Crippen molar-refractivity contribution in [3.63, 3.8) is 0 Å². The van der Waals surface area contributed by atoms with Crippen molar-refractivity contribution in [2.45, 2.75) is 52.2 Å². The molecule has 9 nitrogen and oxygen atoms in total. The van der Waals surface area contributed by atoms with Gasteiger partial charge in [0.25, 0.3) is 5.91 Å². The molecule has 3 aromatic rings. The van der Waals surface area contributed by atoms with E-state index in [-0.39, 0.29) is 48.8 Å². The number of esters is 1. The average Bonchev–Trinajstić information content (AvgIpc) is 3.22. The van der Waals surface area contributed by atoms with Gasteiger partial charge in [-0.05, 0) is 74.2 Å². The van der Waals surface area contributed by atoms with Crippen molar-refractivity contribution in [2.24, 2.45) is 5.92 Å². The van der Waals surface area contributed by atoms with Crippen molar-refractivity contribution in [1.82, 2.24) is 15.2 Å². The van der Waals surface area contributed by atoms with E-state index in [1.165, 1.54) is 0 Å². The Hall–Kier alpha value is -3.40. The summed E-state index contributed by atoms with van der Waals surface area (Å²) in [6.07, 6.45) is 0.910. The Morgan fingerprint density at radius 3 is 2.54 bits per heavy atom. The van der Waals surface area contributed by atoms with Crippen LogP contribution in [-0.4, -0.2) is 67.9 Å². The molecule has 1 amide bonds.